The lowest BCUT2D eigenvalue weighted by molar-refractivity contribution is 0.0719. The van der Waals surface area contributed by atoms with Crippen LogP contribution in [0.1, 0.15) is 28.9 Å². The average Bonchev–Trinajstić information content (AvgIpc) is 3.34. The van der Waals surface area contributed by atoms with Gasteiger partial charge in [-0.3, -0.25) is 9.48 Å². The number of hydrogen-bond acceptors (Lipinski definition) is 5. The molecule has 7 nitrogen and oxygen atoms in total. The standard InChI is InChI=1S/C19H20N6O/c1-14-17(12-20-18(22-14)15-6-3-2-4-7-15)19(26)25-10-5-8-16(25)13-24-11-9-21-23-24/h2-4,6-7,9,11-12,16H,5,8,10,13H2,1H3/t16-/m0/s1. The molecule has 4 rings (SSSR count). The number of rotatable bonds is 4. The molecule has 1 atom stereocenters. The molecule has 2 aromatic heterocycles. The lowest BCUT2D eigenvalue weighted by Gasteiger charge is -2.25. The molecule has 0 N–H and O–H groups in total. The molecule has 132 valence electrons. The van der Waals surface area contributed by atoms with Crippen LogP contribution in [0.25, 0.3) is 11.4 Å². The van der Waals surface area contributed by atoms with Gasteiger partial charge >= 0.3 is 0 Å². The number of likely N-dealkylation sites (tertiary alicyclic amines) is 1. The average molecular weight is 348 g/mol. The second kappa shape index (κ2) is 7.03. The maximum Gasteiger partial charge on any atom is 0.257 e. The second-order valence-electron chi connectivity index (χ2n) is 6.48. The minimum absolute atomic E-state index is 0.00951. The van der Waals surface area contributed by atoms with Crippen molar-refractivity contribution in [2.45, 2.75) is 32.4 Å². The van der Waals surface area contributed by atoms with Gasteiger partial charge in [0, 0.05) is 24.5 Å². The number of carbonyl (C=O) groups excluding carboxylic acids is 1. The summed E-state index contributed by atoms with van der Waals surface area (Å²) in [4.78, 5) is 23.9. The zero-order valence-corrected chi connectivity index (χ0v) is 14.6. The van der Waals surface area contributed by atoms with Crippen LogP contribution in [0.2, 0.25) is 0 Å². The molecular weight excluding hydrogens is 328 g/mol. The van der Waals surface area contributed by atoms with Gasteiger partial charge < -0.3 is 4.90 Å². The van der Waals surface area contributed by atoms with E-state index in [2.05, 4.69) is 20.3 Å². The molecule has 1 amide bonds. The first-order chi connectivity index (χ1) is 12.7. The van der Waals surface area contributed by atoms with E-state index in [9.17, 15) is 4.79 Å². The molecule has 26 heavy (non-hydrogen) atoms. The van der Waals surface area contributed by atoms with E-state index in [1.165, 1.54) is 0 Å². The molecule has 0 spiro atoms. The van der Waals surface area contributed by atoms with Gasteiger partial charge in [-0.05, 0) is 19.8 Å². The molecule has 0 saturated carbocycles. The van der Waals surface area contributed by atoms with Crippen LogP contribution in [-0.4, -0.2) is 48.4 Å². The van der Waals surface area contributed by atoms with E-state index in [0.29, 0.717) is 23.6 Å². The summed E-state index contributed by atoms with van der Waals surface area (Å²) in [6.07, 6.45) is 7.09. The molecule has 0 bridgehead atoms. The third-order valence-electron chi connectivity index (χ3n) is 4.75. The molecule has 3 aromatic rings. The summed E-state index contributed by atoms with van der Waals surface area (Å²) in [5.74, 6) is 0.630. The Morgan fingerprint density at radius 3 is 2.85 bits per heavy atom. The summed E-state index contributed by atoms with van der Waals surface area (Å²) in [6.45, 7) is 3.27. The topological polar surface area (TPSA) is 76.8 Å². The SMILES string of the molecule is Cc1nc(-c2ccccc2)ncc1C(=O)N1CCC[C@H]1Cn1ccnn1. The van der Waals surface area contributed by atoms with Crippen molar-refractivity contribution in [2.75, 3.05) is 6.54 Å². The van der Waals surface area contributed by atoms with Gasteiger partial charge in [0.15, 0.2) is 5.82 Å². The van der Waals surface area contributed by atoms with E-state index < -0.39 is 0 Å². The number of hydrogen-bond donors (Lipinski definition) is 0. The zero-order valence-electron chi connectivity index (χ0n) is 14.6. The number of aryl methyl sites for hydroxylation is 1. The third kappa shape index (κ3) is 3.20. The molecule has 1 fully saturated rings. The fourth-order valence-corrected chi connectivity index (χ4v) is 3.40. The fraction of sp³-hybridized carbons (Fsp3) is 0.316. The lowest BCUT2D eigenvalue weighted by Crippen LogP contribution is -2.38. The summed E-state index contributed by atoms with van der Waals surface area (Å²) in [5.41, 5.74) is 2.21. The lowest BCUT2D eigenvalue weighted by atomic mass is 10.1. The van der Waals surface area contributed by atoms with Crippen LogP contribution in [0.15, 0.2) is 48.9 Å². The van der Waals surface area contributed by atoms with Crippen LogP contribution in [0.4, 0.5) is 0 Å². The molecule has 1 aliphatic heterocycles. The van der Waals surface area contributed by atoms with Crippen molar-refractivity contribution >= 4 is 5.91 Å². The first kappa shape index (κ1) is 16.4. The zero-order chi connectivity index (χ0) is 17.9. The van der Waals surface area contributed by atoms with Gasteiger partial charge in [0.25, 0.3) is 5.91 Å². The van der Waals surface area contributed by atoms with Gasteiger partial charge in [-0.2, -0.15) is 0 Å². The van der Waals surface area contributed by atoms with Gasteiger partial charge in [0.2, 0.25) is 0 Å². The number of benzene rings is 1. The Morgan fingerprint density at radius 2 is 2.12 bits per heavy atom. The maximum absolute atomic E-state index is 13.1. The van der Waals surface area contributed by atoms with E-state index in [1.54, 1.807) is 17.1 Å². The van der Waals surface area contributed by atoms with Crippen molar-refractivity contribution in [2.24, 2.45) is 0 Å². The van der Waals surface area contributed by atoms with E-state index in [1.807, 2.05) is 48.4 Å². The Bertz CT molecular complexity index is 894. The highest BCUT2D eigenvalue weighted by atomic mass is 16.2. The van der Waals surface area contributed by atoms with Gasteiger partial charge in [-0.1, -0.05) is 35.5 Å². The molecule has 3 heterocycles. The summed E-state index contributed by atoms with van der Waals surface area (Å²) in [7, 11) is 0. The highest BCUT2D eigenvalue weighted by molar-refractivity contribution is 5.95. The summed E-state index contributed by atoms with van der Waals surface area (Å²) >= 11 is 0. The van der Waals surface area contributed by atoms with Crippen LogP contribution in [0.3, 0.4) is 0 Å². The summed E-state index contributed by atoms with van der Waals surface area (Å²) in [5, 5.41) is 7.85. The Morgan fingerprint density at radius 1 is 1.27 bits per heavy atom. The Hall–Kier alpha value is -3.09. The second-order valence-corrected chi connectivity index (χ2v) is 6.48. The van der Waals surface area contributed by atoms with Crippen molar-refractivity contribution in [1.29, 1.82) is 0 Å². The molecular formula is C19H20N6O. The van der Waals surface area contributed by atoms with Crippen molar-refractivity contribution in [3.63, 3.8) is 0 Å². The highest BCUT2D eigenvalue weighted by Gasteiger charge is 2.31. The minimum Gasteiger partial charge on any atom is -0.334 e. The highest BCUT2D eigenvalue weighted by Crippen LogP contribution is 2.23. The molecule has 7 heteroatoms. The molecule has 0 unspecified atom stereocenters. The largest absolute Gasteiger partial charge is 0.334 e. The smallest absolute Gasteiger partial charge is 0.257 e. The van der Waals surface area contributed by atoms with Crippen molar-refractivity contribution < 1.29 is 4.79 Å². The van der Waals surface area contributed by atoms with Crippen LogP contribution in [-0.2, 0) is 6.54 Å². The molecule has 0 radical (unpaired) electrons. The number of amides is 1. The predicted molar refractivity (Wildman–Crippen MR) is 96.3 cm³/mol. The number of aromatic nitrogens is 5. The van der Waals surface area contributed by atoms with Gasteiger partial charge in [-0.25, -0.2) is 9.97 Å². The summed E-state index contributed by atoms with van der Waals surface area (Å²) < 4.78 is 1.78. The van der Waals surface area contributed by atoms with Crippen molar-refractivity contribution in [3.05, 3.63) is 60.2 Å². The van der Waals surface area contributed by atoms with E-state index in [-0.39, 0.29) is 11.9 Å². The van der Waals surface area contributed by atoms with Crippen LogP contribution >= 0.6 is 0 Å². The molecule has 1 aromatic carbocycles. The Balaban J connectivity index is 1.55. The monoisotopic (exact) mass is 348 g/mol. The van der Waals surface area contributed by atoms with Crippen molar-refractivity contribution in [3.8, 4) is 11.4 Å². The van der Waals surface area contributed by atoms with Crippen molar-refractivity contribution in [1.82, 2.24) is 29.9 Å². The summed E-state index contributed by atoms with van der Waals surface area (Å²) in [6, 6.07) is 9.91. The van der Waals surface area contributed by atoms with E-state index in [4.69, 9.17) is 0 Å². The maximum atomic E-state index is 13.1. The van der Waals surface area contributed by atoms with Crippen LogP contribution < -0.4 is 0 Å². The molecule has 0 aliphatic carbocycles. The van der Waals surface area contributed by atoms with E-state index >= 15 is 0 Å². The van der Waals surface area contributed by atoms with E-state index in [0.717, 1.165) is 24.9 Å². The normalized spacial score (nSPS) is 16.8. The van der Waals surface area contributed by atoms with Gasteiger partial charge in [0.05, 0.1) is 30.0 Å². The minimum atomic E-state index is -0.00951. The Kier molecular flexibility index (Phi) is 4.43. The quantitative estimate of drug-likeness (QED) is 0.723. The predicted octanol–water partition coefficient (Wildman–Crippen LogP) is 2.35. The Labute approximate surface area is 151 Å². The first-order valence-electron chi connectivity index (χ1n) is 8.76. The van der Waals surface area contributed by atoms with Crippen LogP contribution in [0, 0.1) is 6.92 Å². The first-order valence-corrected chi connectivity index (χ1v) is 8.76. The number of nitrogens with zero attached hydrogens (tertiary/aromatic N) is 6. The van der Waals surface area contributed by atoms with Crippen LogP contribution in [0.5, 0.6) is 0 Å². The third-order valence-corrected chi connectivity index (χ3v) is 4.75. The van der Waals surface area contributed by atoms with Gasteiger partial charge in [0.1, 0.15) is 0 Å². The molecule has 1 aliphatic rings. The molecule has 1 saturated heterocycles. The number of carbonyl (C=O) groups is 1. The van der Waals surface area contributed by atoms with Gasteiger partial charge in [-0.15, -0.1) is 5.10 Å². The fourth-order valence-electron chi connectivity index (χ4n) is 3.40.